The number of thiazole rings is 1. The third-order valence-corrected chi connectivity index (χ3v) is 8.06. The van der Waals surface area contributed by atoms with Crippen molar-refractivity contribution in [1.29, 1.82) is 0 Å². The standard InChI is InChI=1S/C34H28N2O4S/c1-3-39-33(38)30-22(2)35-34-36(31(30)27-18-11-16-24-14-7-9-17-26(24)27)32(37)29(41-34)20-25-15-8-10-19-28(25)40-21-23-12-5-4-6-13-23/h4-20,31H,3,21H2,1-2H3/b29-20+/t31-/m1/s1. The molecule has 0 saturated heterocycles. The predicted octanol–water partition coefficient (Wildman–Crippen LogP) is 5.53. The molecule has 0 saturated carbocycles. The molecule has 0 radical (unpaired) electrons. The maximum atomic E-state index is 14.1. The number of fused-ring (bicyclic) bond motifs is 2. The number of hydrogen-bond donors (Lipinski definition) is 0. The zero-order valence-corrected chi connectivity index (χ0v) is 23.6. The Bertz CT molecular complexity index is 1970. The van der Waals surface area contributed by atoms with Gasteiger partial charge in [0.25, 0.3) is 5.56 Å². The van der Waals surface area contributed by atoms with E-state index in [0.717, 1.165) is 27.5 Å². The fraction of sp³-hybridized carbons (Fsp3) is 0.147. The summed E-state index contributed by atoms with van der Waals surface area (Å²) in [6.07, 6.45) is 1.84. The van der Waals surface area contributed by atoms with Crippen LogP contribution in [0.1, 0.15) is 36.6 Å². The summed E-state index contributed by atoms with van der Waals surface area (Å²) in [5.41, 5.74) is 3.38. The normalized spacial score (nSPS) is 15.0. The second-order valence-corrected chi connectivity index (χ2v) is 10.7. The first-order valence-electron chi connectivity index (χ1n) is 13.5. The van der Waals surface area contributed by atoms with E-state index in [-0.39, 0.29) is 12.2 Å². The molecule has 2 heterocycles. The summed E-state index contributed by atoms with van der Waals surface area (Å²) in [4.78, 5) is 32.7. The van der Waals surface area contributed by atoms with Crippen molar-refractivity contribution in [2.75, 3.05) is 6.61 Å². The number of ether oxygens (including phenoxy) is 2. The molecule has 0 N–H and O–H groups in total. The van der Waals surface area contributed by atoms with Gasteiger partial charge in [-0.05, 0) is 47.9 Å². The second kappa shape index (κ2) is 11.4. The van der Waals surface area contributed by atoms with Crippen LogP contribution in [0, 0.1) is 0 Å². The van der Waals surface area contributed by atoms with E-state index in [0.29, 0.717) is 33.0 Å². The molecule has 0 spiro atoms. The number of rotatable bonds is 7. The average Bonchev–Trinajstić information content (AvgIpc) is 3.30. The summed E-state index contributed by atoms with van der Waals surface area (Å²) in [6, 6.07) is 30.8. The molecule has 0 fully saturated rings. The van der Waals surface area contributed by atoms with Gasteiger partial charge in [0.1, 0.15) is 12.4 Å². The van der Waals surface area contributed by atoms with Crippen molar-refractivity contribution >= 4 is 34.2 Å². The van der Waals surface area contributed by atoms with E-state index >= 15 is 0 Å². The van der Waals surface area contributed by atoms with Crippen LogP contribution in [0.15, 0.2) is 118 Å². The van der Waals surface area contributed by atoms with Crippen molar-refractivity contribution in [1.82, 2.24) is 4.57 Å². The van der Waals surface area contributed by atoms with Crippen molar-refractivity contribution < 1.29 is 14.3 Å². The Kier molecular flexibility index (Phi) is 7.35. The van der Waals surface area contributed by atoms with Crippen LogP contribution in [0.2, 0.25) is 0 Å². The molecular formula is C34H28N2O4S. The van der Waals surface area contributed by atoms with Crippen LogP contribution in [0.4, 0.5) is 0 Å². The molecule has 41 heavy (non-hydrogen) atoms. The molecule has 1 aliphatic heterocycles. The highest BCUT2D eigenvalue weighted by molar-refractivity contribution is 7.07. The van der Waals surface area contributed by atoms with Crippen LogP contribution in [-0.2, 0) is 16.1 Å². The van der Waals surface area contributed by atoms with Gasteiger partial charge in [0.2, 0.25) is 0 Å². The van der Waals surface area contributed by atoms with Crippen LogP contribution in [0.25, 0.3) is 16.8 Å². The Morgan fingerprint density at radius 2 is 1.68 bits per heavy atom. The smallest absolute Gasteiger partial charge is 0.338 e. The molecule has 6 rings (SSSR count). The third-order valence-electron chi connectivity index (χ3n) is 7.08. The van der Waals surface area contributed by atoms with Gasteiger partial charge in [-0.3, -0.25) is 9.36 Å². The summed E-state index contributed by atoms with van der Waals surface area (Å²) in [6.45, 7) is 4.21. The van der Waals surface area contributed by atoms with Crippen molar-refractivity contribution in [2.45, 2.75) is 26.5 Å². The fourth-order valence-electron chi connectivity index (χ4n) is 5.18. The highest BCUT2D eigenvalue weighted by Gasteiger charge is 2.34. The van der Waals surface area contributed by atoms with Crippen LogP contribution in [-0.4, -0.2) is 17.1 Å². The third kappa shape index (κ3) is 5.12. The molecule has 4 aromatic carbocycles. The summed E-state index contributed by atoms with van der Waals surface area (Å²) in [7, 11) is 0. The number of benzene rings is 4. The van der Waals surface area contributed by atoms with E-state index in [1.54, 1.807) is 18.4 Å². The van der Waals surface area contributed by atoms with Gasteiger partial charge in [0.15, 0.2) is 4.80 Å². The fourth-order valence-corrected chi connectivity index (χ4v) is 6.22. The molecule has 0 bridgehead atoms. The summed E-state index contributed by atoms with van der Waals surface area (Å²) in [5, 5.41) is 1.99. The Morgan fingerprint density at radius 1 is 0.951 bits per heavy atom. The minimum absolute atomic E-state index is 0.223. The maximum absolute atomic E-state index is 14.1. The van der Waals surface area contributed by atoms with Gasteiger partial charge in [-0.25, -0.2) is 9.79 Å². The Balaban J connectivity index is 1.50. The van der Waals surface area contributed by atoms with Crippen LogP contribution >= 0.6 is 11.3 Å². The number of nitrogens with zero attached hydrogens (tertiary/aromatic N) is 2. The van der Waals surface area contributed by atoms with Crippen molar-refractivity contribution in [3.05, 3.63) is 145 Å². The largest absolute Gasteiger partial charge is 0.488 e. The van der Waals surface area contributed by atoms with Crippen molar-refractivity contribution in [2.24, 2.45) is 4.99 Å². The number of esters is 1. The molecule has 1 aromatic heterocycles. The molecule has 1 aliphatic rings. The summed E-state index contributed by atoms with van der Waals surface area (Å²) < 4.78 is 13.7. The molecule has 7 heteroatoms. The average molecular weight is 561 g/mol. The number of carbonyl (C=O) groups excluding carboxylic acids is 1. The zero-order chi connectivity index (χ0) is 28.3. The van der Waals surface area contributed by atoms with Gasteiger partial charge in [0, 0.05) is 5.56 Å². The van der Waals surface area contributed by atoms with E-state index in [1.165, 1.54) is 11.3 Å². The molecular weight excluding hydrogens is 532 g/mol. The van der Waals surface area contributed by atoms with E-state index in [4.69, 9.17) is 14.5 Å². The molecule has 204 valence electrons. The van der Waals surface area contributed by atoms with E-state index < -0.39 is 12.0 Å². The Morgan fingerprint density at radius 3 is 2.51 bits per heavy atom. The van der Waals surface area contributed by atoms with Gasteiger partial charge in [-0.2, -0.15) is 0 Å². The van der Waals surface area contributed by atoms with Crippen LogP contribution < -0.4 is 19.6 Å². The lowest BCUT2D eigenvalue weighted by atomic mass is 9.91. The lowest BCUT2D eigenvalue weighted by molar-refractivity contribution is -0.139. The lowest BCUT2D eigenvalue weighted by Crippen LogP contribution is -2.40. The predicted molar refractivity (Wildman–Crippen MR) is 162 cm³/mol. The molecule has 5 aromatic rings. The molecule has 1 atom stereocenters. The number of hydrogen-bond acceptors (Lipinski definition) is 6. The molecule has 0 aliphatic carbocycles. The lowest BCUT2D eigenvalue weighted by Gasteiger charge is -2.25. The van der Waals surface area contributed by atoms with Gasteiger partial charge in [0.05, 0.1) is 28.5 Å². The number of carbonyl (C=O) groups is 1. The van der Waals surface area contributed by atoms with Crippen molar-refractivity contribution in [3.8, 4) is 5.75 Å². The zero-order valence-electron chi connectivity index (χ0n) is 22.7. The number of allylic oxidation sites excluding steroid dienone is 1. The monoisotopic (exact) mass is 560 g/mol. The van der Waals surface area contributed by atoms with E-state index in [2.05, 4.69) is 0 Å². The molecule has 0 amide bonds. The topological polar surface area (TPSA) is 69.9 Å². The number of para-hydroxylation sites is 1. The first kappa shape index (κ1) is 26.5. The minimum Gasteiger partial charge on any atom is -0.488 e. The van der Waals surface area contributed by atoms with Gasteiger partial charge >= 0.3 is 5.97 Å². The van der Waals surface area contributed by atoms with Gasteiger partial charge in [-0.15, -0.1) is 0 Å². The highest BCUT2D eigenvalue weighted by Crippen LogP contribution is 2.34. The first-order chi connectivity index (χ1) is 20.0. The molecule has 6 nitrogen and oxygen atoms in total. The highest BCUT2D eigenvalue weighted by atomic mass is 32.1. The first-order valence-corrected chi connectivity index (χ1v) is 14.3. The number of aromatic nitrogens is 1. The minimum atomic E-state index is -0.678. The van der Waals surface area contributed by atoms with Crippen LogP contribution in [0.5, 0.6) is 5.75 Å². The quantitative estimate of drug-likeness (QED) is 0.246. The maximum Gasteiger partial charge on any atom is 0.338 e. The van der Waals surface area contributed by atoms with Crippen molar-refractivity contribution in [3.63, 3.8) is 0 Å². The van der Waals surface area contributed by atoms with E-state index in [1.807, 2.05) is 103 Å². The van der Waals surface area contributed by atoms with Gasteiger partial charge < -0.3 is 9.47 Å². The van der Waals surface area contributed by atoms with Crippen LogP contribution in [0.3, 0.4) is 0 Å². The summed E-state index contributed by atoms with van der Waals surface area (Å²) >= 11 is 1.30. The van der Waals surface area contributed by atoms with E-state index in [9.17, 15) is 9.59 Å². The van der Waals surface area contributed by atoms with Gasteiger partial charge in [-0.1, -0.05) is 102 Å². The Labute approximate surface area is 241 Å². The second-order valence-electron chi connectivity index (χ2n) is 9.68. The SMILES string of the molecule is CCOC(=O)C1=C(C)N=c2s/c(=C/c3ccccc3OCc3ccccc3)c(=O)n2[C@@H]1c1cccc2ccccc12. The Hall–Kier alpha value is -4.75. The summed E-state index contributed by atoms with van der Waals surface area (Å²) in [5.74, 6) is 0.205. The molecule has 0 unspecified atom stereocenters.